The number of ether oxygens (including phenoxy) is 2. The highest BCUT2D eigenvalue weighted by Crippen LogP contribution is 2.29. The number of aromatic nitrogens is 1. The van der Waals surface area contributed by atoms with E-state index in [9.17, 15) is 0 Å². The van der Waals surface area contributed by atoms with Crippen LogP contribution in [0, 0.1) is 6.92 Å². The number of benzene rings is 1. The fourth-order valence-corrected chi connectivity index (χ4v) is 1.65. The molecule has 1 aromatic heterocycles. The molecule has 0 saturated carbocycles. The van der Waals surface area contributed by atoms with Crippen molar-refractivity contribution in [3.05, 3.63) is 42.0 Å². The highest BCUT2D eigenvalue weighted by Gasteiger charge is 2.16. The zero-order valence-corrected chi connectivity index (χ0v) is 12.3. The van der Waals surface area contributed by atoms with E-state index in [0.717, 1.165) is 11.3 Å². The van der Waals surface area contributed by atoms with Crippen LogP contribution in [0.2, 0.25) is 0 Å². The third-order valence-electron chi connectivity index (χ3n) is 2.58. The van der Waals surface area contributed by atoms with Gasteiger partial charge >= 0.3 is 0 Å². The van der Waals surface area contributed by atoms with Gasteiger partial charge in [0.25, 0.3) is 0 Å². The number of nitrogens with two attached hydrogens (primary N) is 1. The summed E-state index contributed by atoms with van der Waals surface area (Å²) in [5.41, 5.74) is 7.06. The Morgan fingerprint density at radius 2 is 1.75 bits per heavy atom. The molecule has 2 rings (SSSR count). The second-order valence-corrected chi connectivity index (χ2v) is 5.63. The molecule has 1 heterocycles. The molecule has 0 saturated heterocycles. The van der Waals surface area contributed by atoms with Gasteiger partial charge in [-0.2, -0.15) is 4.98 Å². The summed E-state index contributed by atoms with van der Waals surface area (Å²) in [5.74, 6) is 1.63. The number of anilines is 1. The first kappa shape index (κ1) is 14.2. The molecule has 4 nitrogen and oxygen atoms in total. The van der Waals surface area contributed by atoms with Crippen molar-refractivity contribution < 1.29 is 9.47 Å². The van der Waals surface area contributed by atoms with Gasteiger partial charge in [-0.3, -0.25) is 0 Å². The second-order valence-electron chi connectivity index (χ2n) is 5.63. The molecule has 0 unspecified atom stereocenters. The summed E-state index contributed by atoms with van der Waals surface area (Å²) in [7, 11) is 0. The first-order valence-electron chi connectivity index (χ1n) is 6.54. The van der Waals surface area contributed by atoms with Crippen molar-refractivity contribution in [2.24, 2.45) is 0 Å². The average Bonchev–Trinajstić information content (AvgIpc) is 2.34. The molecule has 0 amide bonds. The van der Waals surface area contributed by atoms with Gasteiger partial charge in [0.2, 0.25) is 11.8 Å². The predicted octanol–water partition coefficient (Wildman–Crippen LogP) is 3.94. The van der Waals surface area contributed by atoms with E-state index in [1.165, 1.54) is 0 Å². The van der Waals surface area contributed by atoms with Crippen LogP contribution in [-0.2, 0) is 0 Å². The van der Waals surface area contributed by atoms with E-state index in [1.807, 2.05) is 52.0 Å². The number of aryl methyl sites for hydroxylation is 1. The maximum atomic E-state index is 5.88. The Morgan fingerprint density at radius 3 is 2.40 bits per heavy atom. The number of para-hydroxylation sites is 1. The molecular weight excluding hydrogens is 252 g/mol. The number of rotatable bonds is 3. The van der Waals surface area contributed by atoms with Crippen molar-refractivity contribution in [2.75, 3.05) is 5.73 Å². The van der Waals surface area contributed by atoms with Gasteiger partial charge < -0.3 is 15.2 Å². The molecule has 0 atom stereocenters. The Labute approximate surface area is 119 Å². The number of nitrogen functional groups attached to an aromatic ring is 1. The van der Waals surface area contributed by atoms with Crippen molar-refractivity contribution in [2.45, 2.75) is 33.3 Å². The van der Waals surface area contributed by atoms with Crippen LogP contribution in [0.5, 0.6) is 17.5 Å². The number of hydrogen-bond acceptors (Lipinski definition) is 4. The molecule has 0 aliphatic heterocycles. The molecule has 106 valence electrons. The summed E-state index contributed by atoms with van der Waals surface area (Å²) in [6.45, 7) is 7.83. The van der Waals surface area contributed by atoms with Gasteiger partial charge in [0.15, 0.2) is 0 Å². The molecule has 20 heavy (non-hydrogen) atoms. The van der Waals surface area contributed by atoms with Gasteiger partial charge in [0.1, 0.15) is 11.4 Å². The largest absolute Gasteiger partial charge is 0.470 e. The molecule has 0 aliphatic carbocycles. The van der Waals surface area contributed by atoms with Crippen molar-refractivity contribution in [3.63, 3.8) is 0 Å². The number of pyridine rings is 1. The summed E-state index contributed by atoms with van der Waals surface area (Å²) in [6.07, 6.45) is 0. The smallest absolute Gasteiger partial charge is 0.241 e. The maximum absolute atomic E-state index is 5.88. The normalized spacial score (nSPS) is 11.2. The molecule has 2 N–H and O–H groups in total. The molecule has 2 aromatic rings. The Hall–Kier alpha value is -2.23. The molecular formula is C16H20N2O2. The van der Waals surface area contributed by atoms with Gasteiger partial charge in [-0.05, 0) is 45.4 Å². The van der Waals surface area contributed by atoms with E-state index in [-0.39, 0.29) is 5.60 Å². The fourth-order valence-electron chi connectivity index (χ4n) is 1.65. The highest BCUT2D eigenvalue weighted by atomic mass is 16.5. The quantitative estimate of drug-likeness (QED) is 0.919. The molecule has 1 aromatic carbocycles. The van der Waals surface area contributed by atoms with Crippen LogP contribution in [0.1, 0.15) is 26.3 Å². The highest BCUT2D eigenvalue weighted by molar-refractivity contribution is 5.50. The lowest BCUT2D eigenvalue weighted by atomic mass is 10.2. The summed E-state index contributed by atoms with van der Waals surface area (Å²) in [5, 5.41) is 0. The van der Waals surface area contributed by atoms with Crippen molar-refractivity contribution in [3.8, 4) is 17.5 Å². The molecule has 4 heteroatoms. The Bertz CT molecular complexity index is 604. The van der Waals surface area contributed by atoms with E-state index in [4.69, 9.17) is 15.2 Å². The predicted molar refractivity (Wildman–Crippen MR) is 80.3 cm³/mol. The Kier molecular flexibility index (Phi) is 3.84. The first-order chi connectivity index (χ1) is 9.35. The van der Waals surface area contributed by atoms with Gasteiger partial charge in [-0.25, -0.2) is 0 Å². The molecule has 0 fully saturated rings. The minimum absolute atomic E-state index is 0.359. The van der Waals surface area contributed by atoms with Crippen LogP contribution in [-0.4, -0.2) is 10.6 Å². The lowest BCUT2D eigenvalue weighted by molar-refractivity contribution is 0.124. The van der Waals surface area contributed by atoms with E-state index >= 15 is 0 Å². The van der Waals surface area contributed by atoms with E-state index in [1.54, 1.807) is 12.1 Å². The average molecular weight is 272 g/mol. The van der Waals surface area contributed by atoms with E-state index in [0.29, 0.717) is 17.4 Å². The Balaban J connectivity index is 2.26. The standard InChI is InChI=1S/C16H20N2O2/c1-11-7-5-6-8-13(11)19-14-10-9-12(17)15(18-14)20-16(2,3)4/h5-10H,17H2,1-4H3. The fraction of sp³-hybridized carbons (Fsp3) is 0.312. The minimum atomic E-state index is -0.359. The third-order valence-corrected chi connectivity index (χ3v) is 2.58. The van der Waals surface area contributed by atoms with Crippen LogP contribution in [0.4, 0.5) is 5.69 Å². The minimum Gasteiger partial charge on any atom is -0.470 e. The van der Waals surface area contributed by atoms with E-state index < -0.39 is 0 Å². The summed E-state index contributed by atoms with van der Waals surface area (Å²) >= 11 is 0. The zero-order valence-electron chi connectivity index (χ0n) is 12.3. The maximum Gasteiger partial charge on any atom is 0.241 e. The molecule has 0 radical (unpaired) electrons. The lowest BCUT2D eigenvalue weighted by Gasteiger charge is -2.21. The van der Waals surface area contributed by atoms with Crippen molar-refractivity contribution in [1.82, 2.24) is 4.98 Å². The molecule has 0 bridgehead atoms. The monoisotopic (exact) mass is 272 g/mol. The van der Waals surface area contributed by atoms with Gasteiger partial charge in [0, 0.05) is 6.07 Å². The van der Waals surface area contributed by atoms with Gasteiger partial charge in [-0.15, -0.1) is 0 Å². The number of nitrogens with zero attached hydrogens (tertiary/aromatic N) is 1. The van der Waals surface area contributed by atoms with E-state index in [2.05, 4.69) is 4.98 Å². The topological polar surface area (TPSA) is 57.4 Å². The van der Waals surface area contributed by atoms with Crippen molar-refractivity contribution in [1.29, 1.82) is 0 Å². The van der Waals surface area contributed by atoms with Crippen LogP contribution in [0.25, 0.3) is 0 Å². The van der Waals surface area contributed by atoms with Crippen LogP contribution in [0.15, 0.2) is 36.4 Å². The third kappa shape index (κ3) is 3.63. The second kappa shape index (κ2) is 5.41. The zero-order chi connectivity index (χ0) is 14.8. The SMILES string of the molecule is Cc1ccccc1Oc1ccc(N)c(OC(C)(C)C)n1. The molecule has 0 aliphatic rings. The van der Waals surface area contributed by atoms with Crippen LogP contribution in [0.3, 0.4) is 0 Å². The summed E-state index contributed by atoms with van der Waals surface area (Å²) in [4.78, 5) is 4.32. The van der Waals surface area contributed by atoms with Gasteiger partial charge in [-0.1, -0.05) is 18.2 Å². The lowest BCUT2D eigenvalue weighted by Crippen LogP contribution is -2.24. The van der Waals surface area contributed by atoms with Crippen LogP contribution < -0.4 is 15.2 Å². The summed E-state index contributed by atoms with van der Waals surface area (Å²) in [6, 6.07) is 11.2. The van der Waals surface area contributed by atoms with Crippen molar-refractivity contribution >= 4 is 5.69 Å². The first-order valence-corrected chi connectivity index (χ1v) is 6.54. The molecule has 0 spiro atoms. The Morgan fingerprint density at radius 1 is 1.05 bits per heavy atom. The van der Waals surface area contributed by atoms with Gasteiger partial charge in [0.05, 0.1) is 5.69 Å². The van der Waals surface area contributed by atoms with Crippen LogP contribution >= 0.6 is 0 Å². The number of hydrogen-bond donors (Lipinski definition) is 1. The summed E-state index contributed by atoms with van der Waals surface area (Å²) < 4.78 is 11.5.